The Kier molecular flexibility index (Phi) is 5.72. The summed E-state index contributed by atoms with van der Waals surface area (Å²) in [6.07, 6.45) is 4.41. The first kappa shape index (κ1) is 17.5. The molecule has 2 heterocycles. The van der Waals surface area contributed by atoms with Crippen LogP contribution in [-0.4, -0.2) is 66.3 Å². The first-order valence-corrected chi connectivity index (χ1v) is 8.69. The third-order valence-corrected chi connectivity index (χ3v) is 4.60. The fourth-order valence-electron chi connectivity index (χ4n) is 3.55. The van der Waals surface area contributed by atoms with Gasteiger partial charge < -0.3 is 19.9 Å². The van der Waals surface area contributed by atoms with Crippen molar-refractivity contribution in [3.8, 4) is 0 Å². The van der Waals surface area contributed by atoms with Crippen molar-refractivity contribution in [2.45, 2.75) is 77.1 Å². The lowest BCUT2D eigenvalue weighted by molar-refractivity contribution is 0.00862. The molecule has 5 heteroatoms. The molecule has 2 aliphatic rings. The second-order valence-electron chi connectivity index (χ2n) is 8.01. The molecule has 1 amide bonds. The van der Waals surface area contributed by atoms with Gasteiger partial charge >= 0.3 is 6.09 Å². The Morgan fingerprint density at radius 2 is 1.91 bits per heavy atom. The van der Waals surface area contributed by atoms with E-state index in [4.69, 9.17) is 4.74 Å². The van der Waals surface area contributed by atoms with Gasteiger partial charge in [0.25, 0.3) is 0 Å². The minimum Gasteiger partial charge on any atom is -0.444 e. The van der Waals surface area contributed by atoms with Crippen LogP contribution in [0.2, 0.25) is 0 Å². The molecular weight excluding hydrogens is 278 g/mol. The molecule has 0 aliphatic carbocycles. The van der Waals surface area contributed by atoms with Crippen molar-refractivity contribution in [3.05, 3.63) is 0 Å². The Bertz CT molecular complexity index is 381. The van der Waals surface area contributed by atoms with Crippen LogP contribution in [-0.2, 0) is 4.74 Å². The molecule has 0 bridgehead atoms. The number of hydrogen-bond donors (Lipinski definition) is 1. The van der Waals surface area contributed by atoms with E-state index in [0.717, 1.165) is 25.9 Å². The van der Waals surface area contributed by atoms with Gasteiger partial charge in [-0.3, -0.25) is 0 Å². The summed E-state index contributed by atoms with van der Waals surface area (Å²) in [5, 5.41) is 3.81. The van der Waals surface area contributed by atoms with E-state index in [1.165, 1.54) is 19.4 Å². The lowest BCUT2D eigenvalue weighted by atomic mass is 9.96. The number of nitrogens with one attached hydrogen (secondary N) is 1. The van der Waals surface area contributed by atoms with Crippen molar-refractivity contribution in [3.63, 3.8) is 0 Å². The molecule has 128 valence electrons. The van der Waals surface area contributed by atoms with E-state index in [1.54, 1.807) is 0 Å². The molecule has 1 N–H and O–H groups in total. The van der Waals surface area contributed by atoms with E-state index in [-0.39, 0.29) is 12.1 Å². The first-order chi connectivity index (χ1) is 10.2. The molecule has 0 saturated carbocycles. The van der Waals surface area contributed by atoms with Crippen molar-refractivity contribution in [1.82, 2.24) is 15.1 Å². The smallest absolute Gasteiger partial charge is 0.410 e. The quantitative estimate of drug-likeness (QED) is 0.851. The Balaban J connectivity index is 1.80. The summed E-state index contributed by atoms with van der Waals surface area (Å²) in [5.74, 6) is 0. The Morgan fingerprint density at radius 3 is 2.50 bits per heavy atom. The highest BCUT2D eigenvalue weighted by Crippen LogP contribution is 2.22. The highest BCUT2D eigenvalue weighted by molar-refractivity contribution is 5.68. The van der Waals surface area contributed by atoms with Gasteiger partial charge in [0, 0.05) is 31.2 Å². The number of ether oxygens (including phenoxy) is 1. The number of hydrogen-bond acceptors (Lipinski definition) is 4. The highest BCUT2D eigenvalue weighted by atomic mass is 16.6. The van der Waals surface area contributed by atoms with Gasteiger partial charge in [0.1, 0.15) is 5.60 Å². The van der Waals surface area contributed by atoms with Crippen LogP contribution in [0.25, 0.3) is 0 Å². The number of rotatable bonds is 2. The van der Waals surface area contributed by atoms with Crippen LogP contribution in [0, 0.1) is 0 Å². The fraction of sp³-hybridized carbons (Fsp3) is 0.941. The maximum absolute atomic E-state index is 12.2. The molecule has 0 aromatic rings. The summed E-state index contributed by atoms with van der Waals surface area (Å²) in [6.45, 7) is 11.0. The van der Waals surface area contributed by atoms with Gasteiger partial charge in [-0.2, -0.15) is 0 Å². The topological polar surface area (TPSA) is 44.8 Å². The zero-order valence-corrected chi connectivity index (χ0v) is 14.9. The van der Waals surface area contributed by atoms with Crippen LogP contribution < -0.4 is 5.32 Å². The van der Waals surface area contributed by atoms with Gasteiger partial charge in [0.2, 0.25) is 0 Å². The Morgan fingerprint density at radius 1 is 1.18 bits per heavy atom. The van der Waals surface area contributed by atoms with E-state index in [1.807, 2.05) is 25.7 Å². The molecule has 22 heavy (non-hydrogen) atoms. The molecule has 0 spiro atoms. The van der Waals surface area contributed by atoms with E-state index in [2.05, 4.69) is 24.2 Å². The van der Waals surface area contributed by atoms with E-state index >= 15 is 0 Å². The van der Waals surface area contributed by atoms with Gasteiger partial charge in [0.15, 0.2) is 0 Å². The van der Waals surface area contributed by atoms with Crippen LogP contribution in [0.15, 0.2) is 0 Å². The van der Waals surface area contributed by atoms with E-state index < -0.39 is 5.60 Å². The standard InChI is InChI=1S/C17H33N3O2/c1-13-11-14(18-15-7-6-9-19(5)12-15)8-10-20(13)16(21)22-17(2,3)4/h13-15,18H,6-12H2,1-5H3. The maximum Gasteiger partial charge on any atom is 0.410 e. The zero-order valence-electron chi connectivity index (χ0n) is 14.9. The average Bonchev–Trinajstić information content (AvgIpc) is 2.36. The van der Waals surface area contributed by atoms with Crippen LogP contribution >= 0.6 is 0 Å². The fourth-order valence-corrected chi connectivity index (χ4v) is 3.55. The van der Waals surface area contributed by atoms with Crippen LogP contribution in [0.3, 0.4) is 0 Å². The second-order valence-corrected chi connectivity index (χ2v) is 8.01. The van der Waals surface area contributed by atoms with Crippen molar-refractivity contribution in [1.29, 1.82) is 0 Å². The third-order valence-electron chi connectivity index (χ3n) is 4.60. The van der Waals surface area contributed by atoms with E-state index in [0.29, 0.717) is 12.1 Å². The minimum atomic E-state index is -0.418. The molecule has 3 atom stereocenters. The molecular formula is C17H33N3O2. The molecule has 2 aliphatic heterocycles. The number of nitrogens with zero attached hydrogens (tertiary/aromatic N) is 2. The van der Waals surface area contributed by atoms with Gasteiger partial charge in [-0.1, -0.05) is 0 Å². The second kappa shape index (κ2) is 7.18. The van der Waals surface area contributed by atoms with Crippen LogP contribution in [0.5, 0.6) is 0 Å². The SMILES string of the molecule is CC1CC(NC2CCCN(C)C2)CCN1C(=O)OC(C)(C)C. The van der Waals surface area contributed by atoms with Gasteiger partial charge in [-0.05, 0) is 67.0 Å². The largest absolute Gasteiger partial charge is 0.444 e. The lowest BCUT2D eigenvalue weighted by Gasteiger charge is -2.41. The number of likely N-dealkylation sites (N-methyl/N-ethyl adjacent to an activating group) is 1. The number of amides is 1. The maximum atomic E-state index is 12.2. The van der Waals surface area contributed by atoms with Crippen molar-refractivity contribution >= 4 is 6.09 Å². The molecule has 0 radical (unpaired) electrons. The lowest BCUT2D eigenvalue weighted by Crippen LogP contribution is -2.54. The summed E-state index contributed by atoms with van der Waals surface area (Å²) in [6, 6.07) is 1.36. The number of carbonyl (C=O) groups is 1. The molecule has 2 rings (SSSR count). The number of likely N-dealkylation sites (tertiary alicyclic amines) is 2. The van der Waals surface area contributed by atoms with Gasteiger partial charge in [-0.25, -0.2) is 4.79 Å². The van der Waals surface area contributed by atoms with Crippen molar-refractivity contribution in [2.75, 3.05) is 26.7 Å². The van der Waals surface area contributed by atoms with E-state index in [9.17, 15) is 4.79 Å². The first-order valence-electron chi connectivity index (χ1n) is 8.69. The normalized spacial score (nSPS) is 31.1. The van der Waals surface area contributed by atoms with Crippen molar-refractivity contribution in [2.24, 2.45) is 0 Å². The van der Waals surface area contributed by atoms with Crippen LogP contribution in [0.1, 0.15) is 53.4 Å². The molecule has 0 aromatic heterocycles. The Labute approximate surface area is 135 Å². The molecule has 0 aromatic carbocycles. The number of carbonyl (C=O) groups excluding carboxylic acids is 1. The monoisotopic (exact) mass is 311 g/mol. The summed E-state index contributed by atoms with van der Waals surface area (Å²) in [5.41, 5.74) is -0.418. The molecule has 2 fully saturated rings. The zero-order chi connectivity index (χ0) is 16.3. The molecule has 3 unspecified atom stereocenters. The van der Waals surface area contributed by atoms with Gasteiger partial charge in [-0.15, -0.1) is 0 Å². The predicted molar refractivity (Wildman–Crippen MR) is 89.1 cm³/mol. The average molecular weight is 311 g/mol. The van der Waals surface area contributed by atoms with Crippen LogP contribution in [0.4, 0.5) is 4.79 Å². The highest BCUT2D eigenvalue weighted by Gasteiger charge is 2.32. The summed E-state index contributed by atoms with van der Waals surface area (Å²) >= 11 is 0. The Hall–Kier alpha value is -0.810. The molecule has 5 nitrogen and oxygen atoms in total. The summed E-state index contributed by atoms with van der Waals surface area (Å²) in [7, 11) is 2.20. The third kappa shape index (κ3) is 5.13. The molecule has 2 saturated heterocycles. The van der Waals surface area contributed by atoms with Crippen molar-refractivity contribution < 1.29 is 9.53 Å². The summed E-state index contributed by atoms with van der Waals surface area (Å²) in [4.78, 5) is 16.5. The minimum absolute atomic E-state index is 0.171. The predicted octanol–water partition coefficient (Wildman–Crippen LogP) is 2.46. The van der Waals surface area contributed by atoms with Gasteiger partial charge in [0.05, 0.1) is 0 Å². The number of piperidine rings is 2. The summed E-state index contributed by atoms with van der Waals surface area (Å²) < 4.78 is 5.51.